The van der Waals surface area contributed by atoms with Gasteiger partial charge < -0.3 is 10.2 Å². The van der Waals surface area contributed by atoms with Crippen molar-refractivity contribution in [3.63, 3.8) is 0 Å². The van der Waals surface area contributed by atoms with Gasteiger partial charge in [-0.2, -0.15) is 0 Å². The molecule has 0 saturated heterocycles. The molecule has 0 aromatic heterocycles. The fourth-order valence-corrected chi connectivity index (χ4v) is 3.76. The topological polar surface area (TPSA) is 49.4 Å². The first-order valence-electron chi connectivity index (χ1n) is 11.0. The molecule has 0 saturated carbocycles. The lowest BCUT2D eigenvalue weighted by atomic mass is 10.0. The molecule has 0 bridgehead atoms. The Morgan fingerprint density at radius 2 is 1.44 bits per heavy atom. The van der Waals surface area contributed by atoms with Crippen LogP contribution in [-0.2, 0) is 29.0 Å². The van der Waals surface area contributed by atoms with Crippen molar-refractivity contribution in [3.05, 3.63) is 107 Å². The third-order valence-electron chi connectivity index (χ3n) is 5.40. The van der Waals surface area contributed by atoms with Crippen LogP contribution in [0.1, 0.15) is 30.0 Å². The van der Waals surface area contributed by atoms with Gasteiger partial charge in [0.15, 0.2) is 0 Å². The maximum absolute atomic E-state index is 13.3. The van der Waals surface area contributed by atoms with Crippen molar-refractivity contribution in [2.45, 2.75) is 38.8 Å². The summed E-state index contributed by atoms with van der Waals surface area (Å²) in [4.78, 5) is 27.9. The van der Waals surface area contributed by atoms with E-state index in [-0.39, 0.29) is 11.8 Å². The van der Waals surface area contributed by atoms with Crippen LogP contribution in [0.4, 0.5) is 0 Å². The van der Waals surface area contributed by atoms with E-state index >= 15 is 0 Å². The van der Waals surface area contributed by atoms with Crippen LogP contribution in [0.3, 0.4) is 0 Å². The van der Waals surface area contributed by atoms with Gasteiger partial charge in [0.2, 0.25) is 11.8 Å². The fourth-order valence-electron chi connectivity index (χ4n) is 3.64. The van der Waals surface area contributed by atoms with E-state index in [1.807, 2.05) is 79.7 Å². The molecule has 3 aromatic carbocycles. The monoisotopic (exact) mass is 448 g/mol. The Kier molecular flexibility index (Phi) is 8.88. The first kappa shape index (κ1) is 23.6. The van der Waals surface area contributed by atoms with Gasteiger partial charge in [-0.15, -0.1) is 0 Å². The SMILES string of the molecule is CCC(=O)N(Cc1ccc(Cl)cc1)[C@H](Cc1ccccc1)C(=O)NCCc1ccccc1. The number of rotatable bonds is 10. The van der Waals surface area contributed by atoms with E-state index in [4.69, 9.17) is 11.6 Å². The molecule has 1 atom stereocenters. The van der Waals surface area contributed by atoms with Gasteiger partial charge in [0.1, 0.15) is 6.04 Å². The molecule has 0 aliphatic heterocycles. The van der Waals surface area contributed by atoms with E-state index in [2.05, 4.69) is 5.32 Å². The second-order valence-electron chi connectivity index (χ2n) is 7.73. The highest BCUT2D eigenvalue weighted by molar-refractivity contribution is 6.30. The average molecular weight is 449 g/mol. The fraction of sp³-hybridized carbons (Fsp3) is 0.259. The summed E-state index contributed by atoms with van der Waals surface area (Å²) in [5, 5.41) is 3.69. The summed E-state index contributed by atoms with van der Waals surface area (Å²) >= 11 is 6.02. The van der Waals surface area contributed by atoms with Crippen molar-refractivity contribution in [2.24, 2.45) is 0 Å². The zero-order valence-corrected chi connectivity index (χ0v) is 19.1. The van der Waals surface area contributed by atoms with Crippen molar-refractivity contribution in [3.8, 4) is 0 Å². The largest absolute Gasteiger partial charge is 0.354 e. The van der Waals surface area contributed by atoms with E-state index in [1.165, 1.54) is 0 Å². The standard InChI is InChI=1S/C27H29ClN2O2/c1-2-26(31)30(20-23-13-15-24(28)16-14-23)25(19-22-11-7-4-8-12-22)27(32)29-18-17-21-9-5-3-6-10-21/h3-16,25H,2,17-20H2,1H3,(H,29,32)/t25-/m1/s1. The number of nitrogens with one attached hydrogen (secondary N) is 1. The molecule has 166 valence electrons. The predicted molar refractivity (Wildman–Crippen MR) is 129 cm³/mol. The third kappa shape index (κ3) is 6.96. The predicted octanol–water partition coefficient (Wildman–Crippen LogP) is 5.05. The molecule has 3 rings (SSSR count). The summed E-state index contributed by atoms with van der Waals surface area (Å²) in [5.41, 5.74) is 3.11. The molecule has 0 aliphatic carbocycles. The summed E-state index contributed by atoms with van der Waals surface area (Å²) in [6, 6.07) is 26.7. The maximum atomic E-state index is 13.3. The van der Waals surface area contributed by atoms with E-state index in [0.29, 0.717) is 31.0 Å². The third-order valence-corrected chi connectivity index (χ3v) is 5.65. The van der Waals surface area contributed by atoms with Crippen molar-refractivity contribution in [2.75, 3.05) is 6.54 Å². The molecule has 32 heavy (non-hydrogen) atoms. The van der Waals surface area contributed by atoms with Gasteiger partial charge in [-0.25, -0.2) is 0 Å². The van der Waals surface area contributed by atoms with Crippen LogP contribution >= 0.6 is 11.6 Å². The number of halogens is 1. The molecule has 1 N–H and O–H groups in total. The minimum atomic E-state index is -0.601. The quantitative estimate of drug-likeness (QED) is 0.472. The number of benzene rings is 3. The Morgan fingerprint density at radius 1 is 0.844 bits per heavy atom. The number of hydrogen-bond donors (Lipinski definition) is 1. The minimum Gasteiger partial charge on any atom is -0.354 e. The summed E-state index contributed by atoms with van der Waals surface area (Å²) in [7, 11) is 0. The van der Waals surface area contributed by atoms with Gasteiger partial charge in [0, 0.05) is 31.0 Å². The van der Waals surface area contributed by atoms with Crippen LogP contribution in [0, 0.1) is 0 Å². The van der Waals surface area contributed by atoms with Gasteiger partial charge >= 0.3 is 0 Å². The van der Waals surface area contributed by atoms with Crippen LogP contribution in [0.15, 0.2) is 84.9 Å². The molecule has 4 nitrogen and oxygen atoms in total. The Balaban J connectivity index is 1.79. The Morgan fingerprint density at radius 3 is 2.03 bits per heavy atom. The Labute approximate surface area is 195 Å². The first-order chi connectivity index (χ1) is 15.6. The van der Waals surface area contributed by atoms with Crippen molar-refractivity contribution >= 4 is 23.4 Å². The first-order valence-corrected chi connectivity index (χ1v) is 11.3. The second kappa shape index (κ2) is 12.1. The van der Waals surface area contributed by atoms with E-state index in [1.54, 1.807) is 17.0 Å². The molecule has 0 heterocycles. The number of hydrogen-bond acceptors (Lipinski definition) is 2. The molecular weight excluding hydrogens is 420 g/mol. The van der Waals surface area contributed by atoms with E-state index < -0.39 is 6.04 Å². The van der Waals surface area contributed by atoms with Gasteiger partial charge in [-0.05, 0) is 35.2 Å². The lowest BCUT2D eigenvalue weighted by Crippen LogP contribution is -2.50. The zero-order valence-electron chi connectivity index (χ0n) is 18.3. The van der Waals surface area contributed by atoms with Crippen molar-refractivity contribution < 1.29 is 9.59 Å². The summed E-state index contributed by atoms with van der Waals surface area (Å²) in [6.07, 6.45) is 1.52. The van der Waals surface area contributed by atoms with Gasteiger partial charge in [0.05, 0.1) is 0 Å². The highest BCUT2D eigenvalue weighted by atomic mass is 35.5. The lowest BCUT2D eigenvalue weighted by molar-refractivity contribution is -0.141. The number of carbonyl (C=O) groups excluding carboxylic acids is 2. The van der Waals surface area contributed by atoms with Crippen molar-refractivity contribution in [1.82, 2.24) is 10.2 Å². The van der Waals surface area contributed by atoms with E-state index in [0.717, 1.165) is 23.1 Å². The molecule has 0 fully saturated rings. The molecule has 0 radical (unpaired) electrons. The second-order valence-corrected chi connectivity index (χ2v) is 8.17. The average Bonchev–Trinajstić information content (AvgIpc) is 2.83. The van der Waals surface area contributed by atoms with Crippen LogP contribution in [0.25, 0.3) is 0 Å². The number of carbonyl (C=O) groups is 2. The van der Waals surface area contributed by atoms with Crippen molar-refractivity contribution in [1.29, 1.82) is 0 Å². The molecule has 3 aromatic rings. The van der Waals surface area contributed by atoms with E-state index in [9.17, 15) is 9.59 Å². The molecular formula is C27H29ClN2O2. The van der Waals surface area contributed by atoms with Crippen LogP contribution in [0.5, 0.6) is 0 Å². The zero-order chi connectivity index (χ0) is 22.8. The summed E-state index contributed by atoms with van der Waals surface area (Å²) in [6.45, 7) is 2.70. The highest BCUT2D eigenvalue weighted by Gasteiger charge is 2.29. The molecule has 5 heteroatoms. The highest BCUT2D eigenvalue weighted by Crippen LogP contribution is 2.17. The summed E-state index contributed by atoms with van der Waals surface area (Å²) < 4.78 is 0. The van der Waals surface area contributed by atoms with Crippen LogP contribution in [-0.4, -0.2) is 29.3 Å². The Hall–Kier alpha value is -3.11. The van der Waals surface area contributed by atoms with Crippen LogP contribution in [0.2, 0.25) is 5.02 Å². The van der Waals surface area contributed by atoms with Gasteiger partial charge in [-0.1, -0.05) is 91.3 Å². The number of amides is 2. The van der Waals surface area contributed by atoms with Gasteiger partial charge in [-0.3, -0.25) is 9.59 Å². The summed E-state index contributed by atoms with van der Waals surface area (Å²) in [5.74, 6) is -0.195. The Bertz CT molecular complexity index is 991. The maximum Gasteiger partial charge on any atom is 0.243 e. The molecule has 0 spiro atoms. The normalized spacial score (nSPS) is 11.6. The number of nitrogens with zero attached hydrogens (tertiary/aromatic N) is 1. The molecule has 0 unspecified atom stereocenters. The van der Waals surface area contributed by atoms with Gasteiger partial charge in [0.25, 0.3) is 0 Å². The molecule has 2 amide bonds. The van der Waals surface area contributed by atoms with Crippen LogP contribution < -0.4 is 5.32 Å². The minimum absolute atomic E-state index is 0.0564. The molecule has 0 aliphatic rings. The smallest absolute Gasteiger partial charge is 0.243 e. The lowest BCUT2D eigenvalue weighted by Gasteiger charge is -2.31.